The molecule has 2 aliphatic heterocycles. The molecule has 2 aliphatic carbocycles. The Morgan fingerprint density at radius 3 is 2.52 bits per heavy atom. The summed E-state index contributed by atoms with van der Waals surface area (Å²) >= 11 is 0. The van der Waals surface area contributed by atoms with Crippen molar-refractivity contribution in [1.29, 1.82) is 0 Å². The Hall–Kier alpha value is -4.43. The Morgan fingerprint density at radius 1 is 1.05 bits per heavy atom. The number of aliphatic hydroxyl groups excluding tert-OH is 2. The van der Waals surface area contributed by atoms with Crippen molar-refractivity contribution in [3.63, 3.8) is 0 Å². The van der Waals surface area contributed by atoms with Crippen molar-refractivity contribution in [2.45, 2.75) is 129 Å². The Kier molecular flexibility index (Phi) is 16.9. The highest BCUT2D eigenvalue weighted by Gasteiger charge is 2.65. The lowest BCUT2D eigenvalue weighted by Crippen LogP contribution is -2.70. The van der Waals surface area contributed by atoms with Gasteiger partial charge in [0, 0.05) is 50.6 Å². The number of fused-ring (bicyclic) bond motifs is 2. The molecular weight excluding hydrogens is 791 g/mol. The second-order valence-electron chi connectivity index (χ2n) is 18.2. The summed E-state index contributed by atoms with van der Waals surface area (Å²) in [5.41, 5.74) is 3.12. The predicted molar refractivity (Wildman–Crippen MR) is 237 cm³/mol. The summed E-state index contributed by atoms with van der Waals surface area (Å²) in [6.45, 7) is 13.9. The summed E-state index contributed by atoms with van der Waals surface area (Å²) in [5.74, 6) is -1.29. The largest absolute Gasteiger partial charge is 0.459 e. The van der Waals surface area contributed by atoms with Crippen LogP contribution in [0.1, 0.15) is 115 Å². The number of nitrogens with zero attached hydrogens (tertiary/aromatic N) is 2. The van der Waals surface area contributed by atoms with Crippen LogP contribution in [0.4, 0.5) is 9.59 Å². The molecule has 62 heavy (non-hydrogen) atoms. The lowest BCUT2D eigenvalue weighted by atomic mass is 9.55. The first-order valence-electron chi connectivity index (χ1n) is 22.8. The van der Waals surface area contributed by atoms with Gasteiger partial charge in [0.25, 0.3) is 0 Å². The number of amides is 2. The molecule has 13 nitrogen and oxygen atoms in total. The number of unbranched alkanes of at least 4 members (excludes halogenated alkanes) is 2. The van der Waals surface area contributed by atoms with Crippen LogP contribution in [0.25, 0.3) is 0 Å². The normalized spacial score (nSPS) is 26.0. The van der Waals surface area contributed by atoms with Crippen molar-refractivity contribution in [2.75, 3.05) is 39.6 Å². The second-order valence-corrected chi connectivity index (χ2v) is 18.2. The lowest BCUT2D eigenvalue weighted by molar-refractivity contribution is -0.255. The number of oxime groups is 1. The molecule has 3 N–H and O–H groups in total. The monoisotopic (exact) mass is 859 g/mol. The SMILES string of the molecule is C=CCO[C@@]12Oc3ccc(OC(=O)NCc4ccccc4)cc3[C@H]3[C@H](CCCCO)[C@@H](CCCCO)C=C(C(=NOC4CCCCO4)C[C@@H]1N(CCC)C(=O)OCC(C)(C)C)[C@H]32. The van der Waals surface area contributed by atoms with Crippen LogP contribution in [-0.2, 0) is 25.6 Å². The Labute approximate surface area is 367 Å². The quantitative estimate of drug-likeness (QED) is 0.0667. The molecule has 0 bridgehead atoms. The number of rotatable bonds is 20. The van der Waals surface area contributed by atoms with E-state index in [-0.39, 0.29) is 56.0 Å². The molecular formula is C49H69N3O10. The van der Waals surface area contributed by atoms with Crippen LogP contribution < -0.4 is 14.8 Å². The van der Waals surface area contributed by atoms with Gasteiger partial charge in [-0.3, -0.25) is 4.90 Å². The van der Waals surface area contributed by atoms with Gasteiger partial charge in [0.15, 0.2) is 0 Å². The van der Waals surface area contributed by atoms with Crippen molar-refractivity contribution in [3.05, 3.63) is 84.0 Å². The fraction of sp³-hybridized carbons (Fsp3) is 0.612. The van der Waals surface area contributed by atoms with Gasteiger partial charge in [-0.2, -0.15) is 0 Å². The molecule has 13 heteroatoms. The molecule has 1 unspecified atom stereocenters. The third kappa shape index (κ3) is 11.6. The Bertz CT molecular complexity index is 1840. The van der Waals surface area contributed by atoms with E-state index in [1.54, 1.807) is 17.0 Å². The first-order valence-corrected chi connectivity index (χ1v) is 22.8. The fourth-order valence-corrected chi connectivity index (χ4v) is 9.52. The molecule has 2 amide bonds. The summed E-state index contributed by atoms with van der Waals surface area (Å²) in [6, 6.07) is 14.4. The average molecular weight is 860 g/mol. The first-order chi connectivity index (χ1) is 30.0. The van der Waals surface area contributed by atoms with Crippen LogP contribution in [0.2, 0.25) is 0 Å². The third-order valence-electron chi connectivity index (χ3n) is 12.3. The van der Waals surface area contributed by atoms with E-state index in [1.807, 2.05) is 70.2 Å². The number of carbonyl (C=O) groups is 2. The molecule has 0 spiro atoms. The molecule has 2 aromatic rings. The van der Waals surface area contributed by atoms with Crippen molar-refractivity contribution in [3.8, 4) is 11.5 Å². The van der Waals surface area contributed by atoms with Crippen molar-refractivity contribution in [2.24, 2.45) is 28.3 Å². The van der Waals surface area contributed by atoms with Gasteiger partial charge in [-0.05, 0) is 91.5 Å². The van der Waals surface area contributed by atoms with Crippen LogP contribution >= 0.6 is 0 Å². The fourth-order valence-electron chi connectivity index (χ4n) is 9.52. The summed E-state index contributed by atoms with van der Waals surface area (Å²) in [5, 5.41) is 27.7. The van der Waals surface area contributed by atoms with Crippen LogP contribution in [0.15, 0.2) is 78.0 Å². The molecule has 2 aromatic carbocycles. The predicted octanol–water partition coefficient (Wildman–Crippen LogP) is 9.03. The summed E-state index contributed by atoms with van der Waals surface area (Å²) < 4.78 is 32.4. The number of nitrogens with one attached hydrogen (secondary N) is 1. The van der Waals surface area contributed by atoms with E-state index < -0.39 is 36.2 Å². The van der Waals surface area contributed by atoms with Gasteiger partial charge in [-0.1, -0.05) is 88.2 Å². The molecule has 6 rings (SSSR count). The van der Waals surface area contributed by atoms with E-state index in [0.717, 1.165) is 55.2 Å². The molecule has 0 aromatic heterocycles. The minimum Gasteiger partial charge on any atom is -0.459 e. The molecule has 1 saturated carbocycles. The number of carbonyl (C=O) groups excluding carboxylic acids is 2. The number of hydrogen-bond donors (Lipinski definition) is 3. The Morgan fingerprint density at radius 2 is 1.82 bits per heavy atom. The number of allylic oxidation sites excluding steroid dienone is 1. The molecule has 0 radical (unpaired) electrons. The van der Waals surface area contributed by atoms with Crippen molar-refractivity contribution < 1.29 is 48.3 Å². The van der Waals surface area contributed by atoms with Gasteiger partial charge < -0.3 is 44.1 Å². The summed E-state index contributed by atoms with van der Waals surface area (Å²) in [7, 11) is 0. The van der Waals surface area contributed by atoms with Gasteiger partial charge in [0.05, 0.1) is 31.5 Å². The van der Waals surface area contributed by atoms with Crippen LogP contribution in [-0.4, -0.2) is 90.7 Å². The molecule has 1 saturated heterocycles. The van der Waals surface area contributed by atoms with E-state index in [4.69, 9.17) is 33.7 Å². The van der Waals surface area contributed by atoms with Gasteiger partial charge in [-0.25, -0.2) is 9.59 Å². The molecule has 340 valence electrons. The van der Waals surface area contributed by atoms with Crippen LogP contribution in [0.5, 0.6) is 11.5 Å². The van der Waals surface area contributed by atoms with Gasteiger partial charge in [0.1, 0.15) is 17.5 Å². The smallest absolute Gasteiger partial charge is 0.412 e. The van der Waals surface area contributed by atoms with E-state index in [9.17, 15) is 19.8 Å². The zero-order valence-electron chi connectivity index (χ0n) is 37.2. The number of hydrogen-bond acceptors (Lipinski definition) is 11. The van der Waals surface area contributed by atoms with Gasteiger partial charge >= 0.3 is 12.2 Å². The van der Waals surface area contributed by atoms with E-state index in [0.29, 0.717) is 62.6 Å². The standard InChI is InChI=1S/C49H69N3O10/c1-6-24-52(47(56)58-33-48(3,4)5)42-31-40(51-62-43-21-13-16-28-57-43)38-29-35(19-11-14-25-53)37(20-12-15-26-54)44-39-30-36(60-46(55)50-32-34-17-9-8-10-18-34)22-23-41(39)61-49(42,45(38)44)59-27-7-2/h7-10,17-18,22-23,29-30,35,37,42-45,53-54H,2,6,11-16,19-21,24-28,31-33H2,1,3-5H3,(H,50,55)/t35-,37+,42-,43?,44+,45+,49+/m0/s1. The maximum Gasteiger partial charge on any atom is 0.412 e. The minimum atomic E-state index is -1.44. The molecule has 2 heterocycles. The van der Waals surface area contributed by atoms with Crippen LogP contribution in [0, 0.1) is 23.2 Å². The topological polar surface area (TPSA) is 158 Å². The van der Waals surface area contributed by atoms with E-state index in [1.165, 1.54) is 0 Å². The minimum absolute atomic E-state index is 0.000527. The summed E-state index contributed by atoms with van der Waals surface area (Å²) in [6.07, 6.45) is 10.4. The Balaban J connectivity index is 1.52. The van der Waals surface area contributed by atoms with Gasteiger partial charge in [0.2, 0.25) is 12.1 Å². The molecule has 7 atom stereocenters. The van der Waals surface area contributed by atoms with Crippen molar-refractivity contribution in [1.82, 2.24) is 10.2 Å². The number of benzene rings is 2. The maximum absolute atomic E-state index is 14.5. The first kappa shape index (κ1) is 47.1. The zero-order chi connectivity index (χ0) is 44.1. The molecule has 4 aliphatic rings. The van der Waals surface area contributed by atoms with Gasteiger partial charge in [-0.15, -0.1) is 6.58 Å². The van der Waals surface area contributed by atoms with Crippen LogP contribution in [0.3, 0.4) is 0 Å². The molecule has 2 fully saturated rings. The van der Waals surface area contributed by atoms with E-state index >= 15 is 0 Å². The average Bonchev–Trinajstić information content (AvgIpc) is 3.27. The third-order valence-corrected chi connectivity index (χ3v) is 12.3. The highest BCUT2D eigenvalue weighted by Crippen LogP contribution is 2.62. The zero-order valence-corrected chi connectivity index (χ0v) is 37.2. The second kappa shape index (κ2) is 22.3. The lowest BCUT2D eigenvalue weighted by Gasteiger charge is -2.60. The summed E-state index contributed by atoms with van der Waals surface area (Å²) in [4.78, 5) is 35.7. The van der Waals surface area contributed by atoms with Crippen molar-refractivity contribution >= 4 is 17.9 Å². The maximum atomic E-state index is 14.5. The highest BCUT2D eigenvalue weighted by molar-refractivity contribution is 6.03. The number of ether oxygens (including phenoxy) is 5. The highest BCUT2D eigenvalue weighted by atomic mass is 16.8. The number of aliphatic hydroxyl groups is 2. The van der Waals surface area contributed by atoms with E-state index in [2.05, 4.69) is 18.0 Å².